The minimum atomic E-state index is -0.544. The smallest absolute Gasteiger partial charge is 0.355 e. The zero-order valence-corrected chi connectivity index (χ0v) is 16.2. The van der Waals surface area contributed by atoms with Crippen molar-refractivity contribution in [2.24, 2.45) is 0 Å². The zero-order valence-electron chi connectivity index (χ0n) is 14.7. The van der Waals surface area contributed by atoms with Crippen LogP contribution in [0.15, 0.2) is 18.2 Å². The first-order chi connectivity index (χ1) is 12.3. The SMILES string of the molecule is CCOC(=O)c1[nH]c(C)c(C(=O)OCCOc2ccc(Cl)cc2Cl)c1C. The van der Waals surface area contributed by atoms with E-state index < -0.39 is 11.9 Å². The molecular formula is C18H19Cl2NO5. The second kappa shape index (κ2) is 8.96. The minimum absolute atomic E-state index is 0.0244. The van der Waals surface area contributed by atoms with E-state index in [1.807, 2.05) is 0 Å². The third-order valence-corrected chi connectivity index (χ3v) is 4.12. The van der Waals surface area contributed by atoms with Crippen LogP contribution in [0.4, 0.5) is 0 Å². The molecule has 0 radical (unpaired) electrons. The third kappa shape index (κ3) is 4.71. The van der Waals surface area contributed by atoms with E-state index in [9.17, 15) is 9.59 Å². The van der Waals surface area contributed by atoms with Gasteiger partial charge < -0.3 is 19.2 Å². The number of hydrogen-bond donors (Lipinski definition) is 1. The second-order valence-corrected chi connectivity index (χ2v) is 6.25. The van der Waals surface area contributed by atoms with Crippen molar-refractivity contribution >= 4 is 35.1 Å². The predicted octanol–water partition coefficient (Wildman–Crippen LogP) is 4.35. The minimum Gasteiger partial charge on any atom is -0.488 e. The highest BCUT2D eigenvalue weighted by atomic mass is 35.5. The number of aryl methyl sites for hydroxylation is 1. The van der Waals surface area contributed by atoms with Crippen molar-refractivity contribution in [3.8, 4) is 5.75 Å². The summed E-state index contributed by atoms with van der Waals surface area (Å²) in [6, 6.07) is 4.85. The molecule has 0 aliphatic carbocycles. The van der Waals surface area contributed by atoms with E-state index in [0.29, 0.717) is 32.6 Å². The fraction of sp³-hybridized carbons (Fsp3) is 0.333. The number of aromatic nitrogens is 1. The number of halogens is 2. The molecule has 0 unspecified atom stereocenters. The molecule has 140 valence electrons. The van der Waals surface area contributed by atoms with Crippen molar-refractivity contribution in [1.29, 1.82) is 0 Å². The number of aromatic amines is 1. The molecule has 6 nitrogen and oxygen atoms in total. The molecule has 1 aromatic heterocycles. The van der Waals surface area contributed by atoms with Gasteiger partial charge in [0.1, 0.15) is 24.7 Å². The topological polar surface area (TPSA) is 77.6 Å². The lowest BCUT2D eigenvalue weighted by molar-refractivity contribution is 0.0449. The second-order valence-electron chi connectivity index (χ2n) is 5.40. The molecule has 2 aromatic rings. The Labute approximate surface area is 161 Å². The van der Waals surface area contributed by atoms with Crippen LogP contribution < -0.4 is 4.74 Å². The summed E-state index contributed by atoms with van der Waals surface area (Å²) in [6.07, 6.45) is 0. The van der Waals surface area contributed by atoms with Crippen molar-refractivity contribution < 1.29 is 23.8 Å². The Bertz CT molecular complexity index is 816. The zero-order chi connectivity index (χ0) is 19.3. The van der Waals surface area contributed by atoms with Gasteiger partial charge in [-0.25, -0.2) is 9.59 Å². The van der Waals surface area contributed by atoms with Crippen molar-refractivity contribution in [2.45, 2.75) is 20.8 Å². The summed E-state index contributed by atoms with van der Waals surface area (Å²) in [6.45, 7) is 5.47. The highest BCUT2D eigenvalue weighted by Crippen LogP contribution is 2.27. The van der Waals surface area contributed by atoms with Crippen LogP contribution in [0, 0.1) is 13.8 Å². The van der Waals surface area contributed by atoms with Crippen LogP contribution in [0.3, 0.4) is 0 Å². The molecule has 26 heavy (non-hydrogen) atoms. The van der Waals surface area contributed by atoms with Crippen LogP contribution in [0.1, 0.15) is 39.0 Å². The fourth-order valence-electron chi connectivity index (χ4n) is 2.41. The van der Waals surface area contributed by atoms with Crippen molar-refractivity contribution in [3.63, 3.8) is 0 Å². The van der Waals surface area contributed by atoms with Crippen molar-refractivity contribution in [1.82, 2.24) is 4.98 Å². The summed E-state index contributed by atoms with van der Waals surface area (Å²) in [7, 11) is 0. The molecule has 1 N–H and O–H groups in total. The monoisotopic (exact) mass is 399 g/mol. The van der Waals surface area contributed by atoms with Gasteiger partial charge in [0.05, 0.1) is 17.2 Å². The average Bonchev–Trinajstić information content (AvgIpc) is 2.88. The van der Waals surface area contributed by atoms with Crippen LogP contribution in [0.25, 0.3) is 0 Å². The number of hydrogen-bond acceptors (Lipinski definition) is 5. The van der Waals surface area contributed by atoms with E-state index in [0.717, 1.165) is 0 Å². The largest absolute Gasteiger partial charge is 0.488 e. The van der Waals surface area contributed by atoms with Gasteiger partial charge in [-0.3, -0.25) is 0 Å². The molecule has 0 aliphatic heterocycles. The molecule has 1 heterocycles. The molecule has 0 amide bonds. The van der Waals surface area contributed by atoms with Gasteiger partial charge in [0.25, 0.3) is 0 Å². The van der Waals surface area contributed by atoms with Gasteiger partial charge in [-0.1, -0.05) is 23.2 Å². The van der Waals surface area contributed by atoms with Crippen molar-refractivity contribution in [3.05, 3.63) is 50.8 Å². The number of rotatable bonds is 7. The van der Waals surface area contributed by atoms with Gasteiger partial charge >= 0.3 is 11.9 Å². The predicted molar refractivity (Wildman–Crippen MR) is 98.5 cm³/mol. The Morgan fingerprint density at radius 3 is 2.46 bits per heavy atom. The fourth-order valence-corrected chi connectivity index (χ4v) is 2.88. The first-order valence-electron chi connectivity index (χ1n) is 7.96. The lowest BCUT2D eigenvalue weighted by Gasteiger charge is -2.09. The van der Waals surface area contributed by atoms with Crippen LogP contribution in [-0.2, 0) is 9.47 Å². The maximum absolute atomic E-state index is 12.3. The Morgan fingerprint density at radius 1 is 1.08 bits per heavy atom. The summed E-state index contributed by atoms with van der Waals surface area (Å²) >= 11 is 11.8. The van der Waals surface area contributed by atoms with Gasteiger partial charge in [-0.2, -0.15) is 0 Å². The number of esters is 2. The number of nitrogens with one attached hydrogen (secondary N) is 1. The van der Waals surface area contributed by atoms with Gasteiger partial charge in [0.2, 0.25) is 0 Å². The molecule has 0 spiro atoms. The number of ether oxygens (including phenoxy) is 3. The first kappa shape index (κ1) is 20.1. The number of benzene rings is 1. The Kier molecular flexibility index (Phi) is 6.94. The summed E-state index contributed by atoms with van der Waals surface area (Å²) in [4.78, 5) is 27.1. The summed E-state index contributed by atoms with van der Waals surface area (Å²) < 4.78 is 15.6. The molecule has 2 rings (SSSR count). The van der Waals surface area contributed by atoms with E-state index in [-0.39, 0.29) is 25.5 Å². The molecule has 0 atom stereocenters. The normalized spacial score (nSPS) is 10.5. The first-order valence-corrected chi connectivity index (χ1v) is 8.72. The lowest BCUT2D eigenvalue weighted by atomic mass is 10.1. The lowest BCUT2D eigenvalue weighted by Crippen LogP contribution is -2.14. The molecule has 8 heteroatoms. The Hall–Kier alpha value is -2.18. The standard InChI is InChI=1S/C18H19Cl2NO5/c1-4-24-18(23)16-10(2)15(11(3)21-16)17(22)26-8-7-25-14-6-5-12(19)9-13(14)20/h5-6,9,21H,4,7-8H2,1-3H3. The Morgan fingerprint density at radius 2 is 1.81 bits per heavy atom. The third-order valence-electron chi connectivity index (χ3n) is 3.59. The van der Waals surface area contributed by atoms with Crippen LogP contribution >= 0.6 is 23.2 Å². The van der Waals surface area contributed by atoms with Gasteiger partial charge in [-0.05, 0) is 44.5 Å². The number of carbonyl (C=O) groups excluding carboxylic acids is 2. The van der Waals surface area contributed by atoms with Crippen molar-refractivity contribution in [2.75, 3.05) is 19.8 Å². The number of H-pyrrole nitrogens is 1. The van der Waals surface area contributed by atoms with E-state index in [1.165, 1.54) is 0 Å². The molecule has 0 fully saturated rings. The highest BCUT2D eigenvalue weighted by molar-refractivity contribution is 6.35. The van der Waals surface area contributed by atoms with Crippen LogP contribution in [0.2, 0.25) is 10.0 Å². The quantitative estimate of drug-likeness (QED) is 0.552. The maximum Gasteiger partial charge on any atom is 0.355 e. The van der Waals surface area contributed by atoms with Gasteiger partial charge in [0.15, 0.2) is 0 Å². The molecule has 0 bridgehead atoms. The molecular weight excluding hydrogens is 381 g/mol. The average molecular weight is 400 g/mol. The van der Waals surface area contributed by atoms with Gasteiger partial charge in [0, 0.05) is 10.7 Å². The number of carbonyl (C=O) groups is 2. The van der Waals surface area contributed by atoms with E-state index in [4.69, 9.17) is 37.4 Å². The van der Waals surface area contributed by atoms with Crippen LogP contribution in [-0.4, -0.2) is 36.7 Å². The highest BCUT2D eigenvalue weighted by Gasteiger charge is 2.23. The Balaban J connectivity index is 1.95. The summed E-state index contributed by atoms with van der Waals surface area (Å²) in [5, 5.41) is 0.879. The van der Waals surface area contributed by atoms with E-state index >= 15 is 0 Å². The molecule has 0 saturated heterocycles. The van der Waals surface area contributed by atoms with Crippen LogP contribution in [0.5, 0.6) is 5.75 Å². The van der Waals surface area contributed by atoms with E-state index in [1.54, 1.807) is 39.0 Å². The van der Waals surface area contributed by atoms with Gasteiger partial charge in [-0.15, -0.1) is 0 Å². The molecule has 0 aliphatic rings. The molecule has 0 saturated carbocycles. The summed E-state index contributed by atoms with van der Waals surface area (Å²) in [5.41, 5.74) is 1.60. The molecule has 1 aromatic carbocycles. The summed E-state index contributed by atoms with van der Waals surface area (Å²) in [5.74, 6) is -0.601. The van der Waals surface area contributed by atoms with E-state index in [2.05, 4.69) is 4.98 Å². The maximum atomic E-state index is 12.3.